The molecule has 1 atom stereocenters. The van der Waals surface area contributed by atoms with Gasteiger partial charge >= 0.3 is 0 Å². The van der Waals surface area contributed by atoms with Gasteiger partial charge in [-0.2, -0.15) is 5.26 Å². The van der Waals surface area contributed by atoms with Crippen LogP contribution in [0.25, 0.3) is 11.1 Å². The molecule has 0 radical (unpaired) electrons. The molecule has 2 heteroatoms. The Morgan fingerprint density at radius 1 is 1.00 bits per heavy atom. The van der Waals surface area contributed by atoms with Gasteiger partial charge in [-0.1, -0.05) is 67.7 Å². The normalized spacial score (nSPS) is 12.2. The number of hydrogen-bond donors (Lipinski definition) is 0. The van der Waals surface area contributed by atoms with Crippen molar-refractivity contribution in [2.75, 3.05) is 0 Å². The van der Waals surface area contributed by atoms with E-state index in [1.165, 1.54) is 42.4 Å². The Morgan fingerprint density at radius 3 is 2.29 bits per heavy atom. The second-order valence-electron chi connectivity index (χ2n) is 6.88. The first-order chi connectivity index (χ1) is 11.5. The second kappa shape index (κ2) is 9.04. The fourth-order valence-electron chi connectivity index (χ4n) is 3.20. The molecule has 0 aliphatic carbocycles. The van der Waals surface area contributed by atoms with Gasteiger partial charge in [-0.25, -0.2) is 0 Å². The van der Waals surface area contributed by atoms with E-state index in [-0.39, 0.29) is 0 Å². The molecule has 126 valence electrons. The fraction of sp³-hybridized carbons (Fsp3) is 0.409. The van der Waals surface area contributed by atoms with Crippen LogP contribution in [0.5, 0.6) is 0 Å². The number of halogens is 1. The molecule has 0 aliphatic rings. The van der Waals surface area contributed by atoms with Crippen LogP contribution in [0.4, 0.5) is 0 Å². The van der Waals surface area contributed by atoms with Gasteiger partial charge in [0.2, 0.25) is 0 Å². The lowest BCUT2D eigenvalue weighted by molar-refractivity contribution is 0.478. The van der Waals surface area contributed by atoms with E-state index in [0.29, 0.717) is 11.8 Å². The number of hydrogen-bond acceptors (Lipinski definition) is 1. The summed E-state index contributed by atoms with van der Waals surface area (Å²) in [6, 6.07) is 16.9. The minimum Gasteiger partial charge on any atom is -0.192 e. The lowest BCUT2D eigenvalue weighted by Crippen LogP contribution is -2.04. The molecule has 0 aromatic heterocycles. The van der Waals surface area contributed by atoms with E-state index in [0.717, 1.165) is 10.0 Å². The Kier molecular flexibility index (Phi) is 7.06. The van der Waals surface area contributed by atoms with E-state index in [9.17, 15) is 5.26 Å². The van der Waals surface area contributed by atoms with Crippen molar-refractivity contribution < 1.29 is 0 Å². The summed E-state index contributed by atoms with van der Waals surface area (Å²) in [5.74, 6) is 1.23. The summed E-state index contributed by atoms with van der Waals surface area (Å²) in [7, 11) is 0. The Hall–Kier alpha value is -1.59. The fourth-order valence-corrected chi connectivity index (χ4v) is 3.47. The first-order valence-corrected chi connectivity index (χ1v) is 9.64. The van der Waals surface area contributed by atoms with Crippen LogP contribution in [0.15, 0.2) is 46.9 Å². The van der Waals surface area contributed by atoms with Crippen molar-refractivity contribution in [2.24, 2.45) is 5.92 Å². The zero-order chi connectivity index (χ0) is 17.5. The molecule has 0 bridgehead atoms. The Morgan fingerprint density at radius 2 is 1.71 bits per heavy atom. The maximum Gasteiger partial charge on any atom is 0.0991 e. The van der Waals surface area contributed by atoms with E-state index in [4.69, 9.17) is 0 Å². The van der Waals surface area contributed by atoms with Crippen LogP contribution in [0.2, 0.25) is 0 Å². The molecule has 2 aromatic carbocycles. The largest absolute Gasteiger partial charge is 0.192 e. The molecule has 0 fully saturated rings. The summed E-state index contributed by atoms with van der Waals surface area (Å²) in [6.45, 7) is 6.81. The third kappa shape index (κ3) is 4.95. The van der Waals surface area contributed by atoms with Crippen LogP contribution in [0.1, 0.15) is 63.5 Å². The van der Waals surface area contributed by atoms with Crippen LogP contribution in [-0.4, -0.2) is 0 Å². The van der Waals surface area contributed by atoms with Crippen LogP contribution >= 0.6 is 15.9 Å². The molecule has 1 unspecified atom stereocenters. The third-order valence-electron chi connectivity index (χ3n) is 4.51. The molecule has 24 heavy (non-hydrogen) atoms. The maximum atomic E-state index is 9.33. The van der Waals surface area contributed by atoms with Crippen molar-refractivity contribution in [3.8, 4) is 17.2 Å². The van der Waals surface area contributed by atoms with Crippen LogP contribution < -0.4 is 0 Å². The van der Waals surface area contributed by atoms with Crippen LogP contribution in [-0.2, 0) is 0 Å². The van der Waals surface area contributed by atoms with Gasteiger partial charge in [-0.15, -0.1) is 0 Å². The first kappa shape index (κ1) is 18.7. The quantitative estimate of drug-likeness (QED) is 0.491. The van der Waals surface area contributed by atoms with Crippen LogP contribution in [0.3, 0.4) is 0 Å². The first-order valence-electron chi connectivity index (χ1n) is 8.85. The lowest BCUT2D eigenvalue weighted by atomic mass is 9.83. The van der Waals surface area contributed by atoms with Crippen molar-refractivity contribution in [3.63, 3.8) is 0 Å². The minimum absolute atomic E-state index is 0.518. The number of nitriles is 1. The van der Waals surface area contributed by atoms with Gasteiger partial charge in [0.1, 0.15) is 0 Å². The molecular formula is C22H26BrN. The summed E-state index contributed by atoms with van der Waals surface area (Å²) in [5, 5.41) is 9.33. The molecule has 0 saturated heterocycles. The van der Waals surface area contributed by atoms with Crippen LogP contribution in [0, 0.1) is 17.2 Å². The zero-order valence-electron chi connectivity index (χ0n) is 14.8. The van der Waals surface area contributed by atoms with Crippen molar-refractivity contribution in [3.05, 3.63) is 58.1 Å². The van der Waals surface area contributed by atoms with Crippen molar-refractivity contribution in [1.82, 2.24) is 0 Å². The van der Waals surface area contributed by atoms with Gasteiger partial charge in [0.25, 0.3) is 0 Å². The summed E-state index contributed by atoms with van der Waals surface area (Å²) >= 11 is 3.51. The Labute approximate surface area is 154 Å². The Bertz CT molecular complexity index is 695. The molecule has 1 nitrogen and oxygen atoms in total. The molecule has 0 spiro atoms. The SMILES string of the molecule is CCCC(CCC(C)C)c1cc(C#N)ccc1-c1ccc(Br)cc1. The molecule has 2 aromatic rings. The molecule has 0 saturated carbocycles. The average Bonchev–Trinajstić information content (AvgIpc) is 2.58. The molecular weight excluding hydrogens is 358 g/mol. The highest BCUT2D eigenvalue weighted by molar-refractivity contribution is 9.10. The summed E-state index contributed by atoms with van der Waals surface area (Å²) < 4.78 is 1.09. The summed E-state index contributed by atoms with van der Waals surface area (Å²) in [5.41, 5.74) is 4.59. The standard InChI is InChI=1S/C22H26BrN/c1-4-5-18(8-6-16(2)3)22-14-17(15-24)7-13-21(22)19-9-11-20(23)12-10-19/h7,9-14,16,18H,4-6,8H2,1-3H3. The highest BCUT2D eigenvalue weighted by Crippen LogP contribution is 2.36. The molecule has 2 rings (SSSR count). The third-order valence-corrected chi connectivity index (χ3v) is 5.03. The van der Waals surface area contributed by atoms with E-state index in [2.05, 4.69) is 79.2 Å². The molecule has 0 amide bonds. The molecule has 0 heterocycles. The number of benzene rings is 2. The predicted octanol–water partition coefficient (Wildman–Crippen LogP) is 7.31. The van der Waals surface area contributed by atoms with E-state index >= 15 is 0 Å². The van der Waals surface area contributed by atoms with E-state index < -0.39 is 0 Å². The van der Waals surface area contributed by atoms with Gasteiger partial charge in [0.15, 0.2) is 0 Å². The minimum atomic E-state index is 0.518. The molecule has 0 aliphatic heterocycles. The van der Waals surface area contributed by atoms with E-state index in [1.54, 1.807) is 0 Å². The zero-order valence-corrected chi connectivity index (χ0v) is 16.4. The lowest BCUT2D eigenvalue weighted by Gasteiger charge is -2.22. The van der Waals surface area contributed by atoms with Gasteiger partial charge in [0, 0.05) is 4.47 Å². The van der Waals surface area contributed by atoms with Crippen molar-refractivity contribution >= 4 is 15.9 Å². The highest BCUT2D eigenvalue weighted by Gasteiger charge is 2.17. The van der Waals surface area contributed by atoms with Gasteiger partial charge in [-0.05, 0) is 65.6 Å². The second-order valence-corrected chi connectivity index (χ2v) is 7.79. The predicted molar refractivity (Wildman–Crippen MR) is 106 cm³/mol. The van der Waals surface area contributed by atoms with E-state index in [1.807, 2.05) is 6.07 Å². The average molecular weight is 384 g/mol. The Balaban J connectivity index is 2.47. The van der Waals surface area contributed by atoms with Gasteiger partial charge in [-0.3, -0.25) is 0 Å². The van der Waals surface area contributed by atoms with Gasteiger partial charge in [0.05, 0.1) is 11.6 Å². The highest BCUT2D eigenvalue weighted by atomic mass is 79.9. The summed E-state index contributed by atoms with van der Waals surface area (Å²) in [6.07, 6.45) is 4.75. The maximum absolute atomic E-state index is 9.33. The monoisotopic (exact) mass is 383 g/mol. The summed E-state index contributed by atoms with van der Waals surface area (Å²) in [4.78, 5) is 0. The number of nitrogens with zero attached hydrogens (tertiary/aromatic N) is 1. The number of rotatable bonds is 7. The van der Waals surface area contributed by atoms with Crippen molar-refractivity contribution in [1.29, 1.82) is 5.26 Å². The van der Waals surface area contributed by atoms with Gasteiger partial charge < -0.3 is 0 Å². The van der Waals surface area contributed by atoms with Crippen molar-refractivity contribution in [2.45, 2.75) is 52.4 Å². The topological polar surface area (TPSA) is 23.8 Å². The molecule has 0 N–H and O–H groups in total. The smallest absolute Gasteiger partial charge is 0.0991 e.